The smallest absolute Gasteiger partial charge is 0.0596 e. The number of rotatable bonds is 2. The third kappa shape index (κ3) is 2.55. The van der Waals surface area contributed by atoms with E-state index in [0.717, 1.165) is 11.8 Å². The second kappa shape index (κ2) is 4.86. The Kier molecular flexibility index (Phi) is 3.71. The molecular weight excluding hydrogens is 184 g/mol. The van der Waals surface area contributed by atoms with Gasteiger partial charge in [0.25, 0.3) is 0 Å². The van der Waals surface area contributed by atoms with Crippen molar-refractivity contribution in [1.29, 1.82) is 0 Å². The summed E-state index contributed by atoms with van der Waals surface area (Å²) in [6.07, 6.45) is 9.13. The van der Waals surface area contributed by atoms with Gasteiger partial charge in [0.1, 0.15) is 0 Å². The molecule has 2 aliphatic carbocycles. The maximum absolute atomic E-state index is 10.4. The van der Waals surface area contributed by atoms with E-state index in [2.05, 4.69) is 13.8 Å². The third-order valence-corrected chi connectivity index (χ3v) is 5.00. The van der Waals surface area contributed by atoms with Crippen molar-refractivity contribution in [3.63, 3.8) is 0 Å². The summed E-state index contributed by atoms with van der Waals surface area (Å²) in [6.45, 7) is 4.72. The van der Waals surface area contributed by atoms with Gasteiger partial charge in [-0.1, -0.05) is 33.1 Å². The molecule has 88 valence electrons. The molecule has 2 saturated carbocycles. The molecule has 4 unspecified atom stereocenters. The minimum absolute atomic E-state index is 0.0162. The first kappa shape index (κ1) is 11.4. The normalized spacial score (nSPS) is 40.6. The zero-order chi connectivity index (χ0) is 10.8. The molecule has 2 fully saturated rings. The highest BCUT2D eigenvalue weighted by Crippen LogP contribution is 2.40. The van der Waals surface area contributed by atoms with Crippen LogP contribution in [0.15, 0.2) is 0 Å². The highest BCUT2D eigenvalue weighted by molar-refractivity contribution is 4.85. The lowest BCUT2D eigenvalue weighted by Crippen LogP contribution is -2.33. The molecule has 0 aliphatic heterocycles. The van der Waals surface area contributed by atoms with E-state index >= 15 is 0 Å². The van der Waals surface area contributed by atoms with Gasteiger partial charge in [0.2, 0.25) is 0 Å². The molecule has 2 aliphatic rings. The Balaban J connectivity index is 1.87. The Morgan fingerprint density at radius 1 is 0.867 bits per heavy atom. The SMILES string of the molecule is CC1CCC(C(O)C2CCCC2)CC1C. The Bertz CT molecular complexity index is 196. The van der Waals surface area contributed by atoms with Gasteiger partial charge in [0.05, 0.1) is 6.10 Å². The molecule has 0 amide bonds. The summed E-state index contributed by atoms with van der Waals surface area (Å²) in [5.41, 5.74) is 0. The Labute approximate surface area is 94.3 Å². The largest absolute Gasteiger partial charge is 0.393 e. The van der Waals surface area contributed by atoms with E-state index in [-0.39, 0.29) is 6.10 Å². The Morgan fingerprint density at radius 2 is 1.53 bits per heavy atom. The van der Waals surface area contributed by atoms with E-state index in [9.17, 15) is 5.11 Å². The van der Waals surface area contributed by atoms with E-state index in [1.54, 1.807) is 0 Å². The first-order valence-corrected chi connectivity index (χ1v) is 6.86. The van der Waals surface area contributed by atoms with Crippen LogP contribution >= 0.6 is 0 Å². The monoisotopic (exact) mass is 210 g/mol. The minimum atomic E-state index is 0.0162. The maximum Gasteiger partial charge on any atom is 0.0596 e. The van der Waals surface area contributed by atoms with E-state index in [1.807, 2.05) is 0 Å². The van der Waals surface area contributed by atoms with Crippen LogP contribution in [0.1, 0.15) is 58.8 Å². The summed E-state index contributed by atoms with van der Waals surface area (Å²) in [4.78, 5) is 0. The first-order valence-electron chi connectivity index (χ1n) is 6.86. The molecule has 0 aromatic heterocycles. The van der Waals surface area contributed by atoms with E-state index in [1.165, 1.54) is 44.9 Å². The van der Waals surface area contributed by atoms with Crippen molar-refractivity contribution in [3.8, 4) is 0 Å². The van der Waals surface area contributed by atoms with E-state index < -0.39 is 0 Å². The predicted octanol–water partition coefficient (Wildman–Crippen LogP) is 3.61. The average molecular weight is 210 g/mol. The lowest BCUT2D eigenvalue weighted by molar-refractivity contribution is 0.0161. The highest BCUT2D eigenvalue weighted by atomic mass is 16.3. The Morgan fingerprint density at radius 3 is 2.13 bits per heavy atom. The van der Waals surface area contributed by atoms with Gasteiger partial charge in [-0.05, 0) is 49.4 Å². The van der Waals surface area contributed by atoms with Crippen LogP contribution in [-0.2, 0) is 0 Å². The Hall–Kier alpha value is -0.0400. The summed E-state index contributed by atoms with van der Waals surface area (Å²) in [5, 5.41) is 10.4. The number of aliphatic hydroxyl groups excluding tert-OH is 1. The predicted molar refractivity (Wildman–Crippen MR) is 63.6 cm³/mol. The van der Waals surface area contributed by atoms with Crippen LogP contribution in [0.3, 0.4) is 0 Å². The van der Waals surface area contributed by atoms with Gasteiger partial charge in [0, 0.05) is 0 Å². The first-order chi connectivity index (χ1) is 7.18. The van der Waals surface area contributed by atoms with Gasteiger partial charge in [-0.3, -0.25) is 0 Å². The van der Waals surface area contributed by atoms with Crippen molar-refractivity contribution in [2.75, 3.05) is 0 Å². The van der Waals surface area contributed by atoms with E-state index in [0.29, 0.717) is 11.8 Å². The van der Waals surface area contributed by atoms with Crippen molar-refractivity contribution in [3.05, 3.63) is 0 Å². The number of aliphatic hydroxyl groups is 1. The lowest BCUT2D eigenvalue weighted by Gasteiger charge is -2.36. The summed E-state index contributed by atoms with van der Waals surface area (Å²) in [5.74, 6) is 2.94. The van der Waals surface area contributed by atoms with Crippen LogP contribution in [0.2, 0.25) is 0 Å². The van der Waals surface area contributed by atoms with Crippen molar-refractivity contribution in [2.45, 2.75) is 64.9 Å². The molecule has 0 bridgehead atoms. The van der Waals surface area contributed by atoms with E-state index in [4.69, 9.17) is 0 Å². The molecule has 0 spiro atoms. The molecule has 0 heterocycles. The van der Waals surface area contributed by atoms with Gasteiger partial charge in [-0.25, -0.2) is 0 Å². The molecule has 15 heavy (non-hydrogen) atoms. The second-order valence-electron chi connectivity index (χ2n) is 6.06. The van der Waals surface area contributed by atoms with Crippen LogP contribution in [-0.4, -0.2) is 11.2 Å². The van der Waals surface area contributed by atoms with Gasteiger partial charge >= 0.3 is 0 Å². The van der Waals surface area contributed by atoms with Crippen molar-refractivity contribution in [1.82, 2.24) is 0 Å². The van der Waals surface area contributed by atoms with Gasteiger partial charge in [-0.2, -0.15) is 0 Å². The van der Waals surface area contributed by atoms with Crippen molar-refractivity contribution >= 4 is 0 Å². The van der Waals surface area contributed by atoms with Crippen LogP contribution in [0, 0.1) is 23.7 Å². The fourth-order valence-corrected chi connectivity index (χ4v) is 3.58. The molecule has 0 saturated heterocycles. The topological polar surface area (TPSA) is 20.2 Å². The zero-order valence-electron chi connectivity index (χ0n) is 10.3. The number of hydrogen-bond acceptors (Lipinski definition) is 1. The van der Waals surface area contributed by atoms with Crippen molar-refractivity contribution < 1.29 is 5.11 Å². The number of hydrogen-bond donors (Lipinski definition) is 1. The molecule has 0 radical (unpaired) electrons. The second-order valence-corrected chi connectivity index (χ2v) is 6.06. The van der Waals surface area contributed by atoms with Crippen LogP contribution in [0.25, 0.3) is 0 Å². The van der Waals surface area contributed by atoms with Crippen LogP contribution in [0.4, 0.5) is 0 Å². The molecule has 0 aromatic carbocycles. The zero-order valence-corrected chi connectivity index (χ0v) is 10.3. The quantitative estimate of drug-likeness (QED) is 0.738. The lowest BCUT2D eigenvalue weighted by atomic mass is 9.71. The van der Waals surface area contributed by atoms with Crippen molar-refractivity contribution in [2.24, 2.45) is 23.7 Å². The standard InChI is InChI=1S/C14H26O/c1-10-7-8-13(9-11(10)2)14(15)12-5-3-4-6-12/h10-15H,3-9H2,1-2H3. The molecule has 1 nitrogen and oxygen atoms in total. The molecule has 1 N–H and O–H groups in total. The summed E-state index contributed by atoms with van der Waals surface area (Å²) < 4.78 is 0. The summed E-state index contributed by atoms with van der Waals surface area (Å²) in [6, 6.07) is 0. The van der Waals surface area contributed by atoms with Gasteiger partial charge in [-0.15, -0.1) is 0 Å². The fraction of sp³-hybridized carbons (Fsp3) is 1.00. The summed E-state index contributed by atoms with van der Waals surface area (Å²) >= 11 is 0. The molecule has 0 aromatic rings. The maximum atomic E-state index is 10.4. The van der Waals surface area contributed by atoms with Gasteiger partial charge in [0.15, 0.2) is 0 Å². The highest BCUT2D eigenvalue weighted by Gasteiger charge is 2.34. The van der Waals surface area contributed by atoms with Gasteiger partial charge < -0.3 is 5.11 Å². The van der Waals surface area contributed by atoms with Crippen LogP contribution < -0.4 is 0 Å². The molecule has 1 heteroatoms. The third-order valence-electron chi connectivity index (χ3n) is 5.00. The average Bonchev–Trinajstić information content (AvgIpc) is 2.74. The molecule has 4 atom stereocenters. The molecule has 2 rings (SSSR count). The minimum Gasteiger partial charge on any atom is -0.393 e. The summed E-state index contributed by atoms with van der Waals surface area (Å²) in [7, 11) is 0. The molecular formula is C14H26O. The fourth-order valence-electron chi connectivity index (χ4n) is 3.58. The van der Waals surface area contributed by atoms with Crippen LogP contribution in [0.5, 0.6) is 0 Å².